The van der Waals surface area contributed by atoms with Crippen LogP contribution in [0.3, 0.4) is 0 Å². The Labute approximate surface area is 182 Å². The van der Waals surface area contributed by atoms with Crippen LogP contribution in [0.2, 0.25) is 0 Å². The van der Waals surface area contributed by atoms with Crippen molar-refractivity contribution in [3.05, 3.63) is 71.8 Å². The second-order valence-corrected chi connectivity index (χ2v) is 8.20. The van der Waals surface area contributed by atoms with Gasteiger partial charge in [0.05, 0.1) is 6.26 Å². The minimum atomic E-state index is -0.105. The molecule has 1 aliphatic rings. The van der Waals surface area contributed by atoms with Crippen LogP contribution in [0, 0.1) is 11.3 Å². The first-order valence-electron chi connectivity index (χ1n) is 10.6. The van der Waals surface area contributed by atoms with Crippen LogP contribution in [0.1, 0.15) is 48.5 Å². The molecule has 0 N–H and O–H groups in total. The highest BCUT2D eigenvalue weighted by Gasteiger charge is 2.31. The molecule has 2 aromatic heterocycles. The molecule has 3 heterocycles. The van der Waals surface area contributed by atoms with E-state index in [1.165, 1.54) is 6.26 Å². The molecule has 158 valence electrons. The monoisotopic (exact) mass is 414 g/mol. The van der Waals surface area contributed by atoms with E-state index >= 15 is 0 Å². The van der Waals surface area contributed by atoms with Crippen molar-refractivity contribution < 1.29 is 9.21 Å². The quantitative estimate of drug-likeness (QED) is 0.619. The first kappa shape index (κ1) is 20.7. The van der Waals surface area contributed by atoms with E-state index in [0.717, 1.165) is 16.8 Å². The number of nitrogens with zero attached hydrogens (tertiary/aromatic N) is 4. The standard InChI is InChI=1S/C25H26N4O2/c1-17(2)22-14-20(19-8-5-4-6-9-19)21(15-26)24(27-22)28-11-12-29(18(3)16-28)25(30)23-10-7-13-31-23/h4-10,13-14,17-18H,11-12,16H2,1-3H3. The molecule has 0 aliphatic carbocycles. The Morgan fingerprint density at radius 2 is 1.97 bits per heavy atom. The van der Waals surface area contributed by atoms with Crippen molar-refractivity contribution in [2.24, 2.45) is 0 Å². The summed E-state index contributed by atoms with van der Waals surface area (Å²) in [6.07, 6.45) is 1.51. The molecule has 0 spiro atoms. The molecule has 1 fully saturated rings. The largest absolute Gasteiger partial charge is 0.459 e. The first-order valence-corrected chi connectivity index (χ1v) is 10.6. The molecule has 1 amide bonds. The number of hydrogen-bond acceptors (Lipinski definition) is 5. The SMILES string of the molecule is CC(C)c1cc(-c2ccccc2)c(C#N)c(N2CCN(C(=O)c3ccco3)C(C)C2)n1. The number of furan rings is 1. The van der Waals surface area contributed by atoms with E-state index in [2.05, 4.69) is 24.8 Å². The van der Waals surface area contributed by atoms with Crippen LogP contribution in [0.4, 0.5) is 5.82 Å². The summed E-state index contributed by atoms with van der Waals surface area (Å²) >= 11 is 0. The molecule has 6 heteroatoms. The smallest absolute Gasteiger partial charge is 0.289 e. The number of hydrogen-bond donors (Lipinski definition) is 0. The van der Waals surface area contributed by atoms with Crippen molar-refractivity contribution in [1.29, 1.82) is 5.26 Å². The van der Waals surface area contributed by atoms with Crippen LogP contribution in [0.5, 0.6) is 0 Å². The second kappa shape index (κ2) is 8.65. The van der Waals surface area contributed by atoms with Crippen LogP contribution >= 0.6 is 0 Å². The van der Waals surface area contributed by atoms with Crippen molar-refractivity contribution in [3.8, 4) is 17.2 Å². The van der Waals surface area contributed by atoms with Gasteiger partial charge in [-0.3, -0.25) is 4.79 Å². The number of nitriles is 1. The molecule has 1 aliphatic heterocycles. The van der Waals surface area contributed by atoms with E-state index in [1.807, 2.05) is 48.2 Å². The van der Waals surface area contributed by atoms with Crippen molar-refractivity contribution in [3.63, 3.8) is 0 Å². The average Bonchev–Trinajstić information content (AvgIpc) is 3.33. The Morgan fingerprint density at radius 1 is 1.19 bits per heavy atom. The van der Waals surface area contributed by atoms with Gasteiger partial charge in [0.2, 0.25) is 0 Å². The molecule has 1 aromatic carbocycles. The maximum Gasteiger partial charge on any atom is 0.289 e. The summed E-state index contributed by atoms with van der Waals surface area (Å²) in [6, 6.07) is 17.8. The zero-order chi connectivity index (χ0) is 22.0. The van der Waals surface area contributed by atoms with E-state index in [0.29, 0.717) is 36.8 Å². The predicted molar refractivity (Wildman–Crippen MR) is 120 cm³/mol. The van der Waals surface area contributed by atoms with Crippen molar-refractivity contribution in [2.75, 3.05) is 24.5 Å². The van der Waals surface area contributed by atoms with Crippen molar-refractivity contribution in [2.45, 2.75) is 32.7 Å². The Morgan fingerprint density at radius 3 is 2.58 bits per heavy atom. The third kappa shape index (κ3) is 4.04. The lowest BCUT2D eigenvalue weighted by molar-refractivity contribution is 0.0641. The molecule has 0 saturated carbocycles. The van der Waals surface area contributed by atoms with E-state index in [9.17, 15) is 10.1 Å². The van der Waals surface area contributed by atoms with Crippen LogP contribution in [0.15, 0.2) is 59.2 Å². The van der Waals surface area contributed by atoms with Gasteiger partial charge < -0.3 is 14.2 Å². The van der Waals surface area contributed by atoms with Crippen LogP contribution < -0.4 is 4.90 Å². The zero-order valence-corrected chi connectivity index (χ0v) is 18.1. The third-order valence-corrected chi connectivity index (χ3v) is 5.73. The van der Waals surface area contributed by atoms with Gasteiger partial charge in [0.15, 0.2) is 5.76 Å². The number of benzene rings is 1. The van der Waals surface area contributed by atoms with Gasteiger partial charge in [0, 0.05) is 36.9 Å². The minimum Gasteiger partial charge on any atom is -0.459 e. The molecule has 1 saturated heterocycles. The number of carbonyl (C=O) groups excluding carboxylic acids is 1. The summed E-state index contributed by atoms with van der Waals surface area (Å²) in [6.45, 7) is 7.98. The normalized spacial score (nSPS) is 16.4. The molecule has 31 heavy (non-hydrogen) atoms. The molecule has 1 atom stereocenters. The number of carbonyl (C=O) groups is 1. The van der Waals surface area contributed by atoms with Gasteiger partial charge in [-0.2, -0.15) is 5.26 Å². The summed E-state index contributed by atoms with van der Waals surface area (Å²) in [5.74, 6) is 1.17. The number of anilines is 1. The molecular weight excluding hydrogens is 388 g/mol. The molecule has 3 aromatic rings. The Bertz CT molecular complexity index is 1100. The van der Waals surface area contributed by atoms with Gasteiger partial charge in [-0.15, -0.1) is 0 Å². The van der Waals surface area contributed by atoms with Gasteiger partial charge in [0.25, 0.3) is 5.91 Å². The lowest BCUT2D eigenvalue weighted by Crippen LogP contribution is -2.54. The van der Waals surface area contributed by atoms with E-state index < -0.39 is 0 Å². The Kier molecular flexibility index (Phi) is 5.77. The maximum absolute atomic E-state index is 12.8. The van der Waals surface area contributed by atoms with Crippen LogP contribution in [0.25, 0.3) is 11.1 Å². The summed E-state index contributed by atoms with van der Waals surface area (Å²) < 4.78 is 5.29. The number of aromatic nitrogens is 1. The molecule has 4 rings (SSSR count). The number of pyridine rings is 1. The molecule has 6 nitrogen and oxygen atoms in total. The van der Waals surface area contributed by atoms with Gasteiger partial charge >= 0.3 is 0 Å². The highest BCUT2D eigenvalue weighted by molar-refractivity contribution is 5.92. The third-order valence-electron chi connectivity index (χ3n) is 5.73. The fourth-order valence-electron chi connectivity index (χ4n) is 4.02. The van der Waals surface area contributed by atoms with E-state index in [4.69, 9.17) is 9.40 Å². The highest BCUT2D eigenvalue weighted by Crippen LogP contribution is 2.33. The second-order valence-electron chi connectivity index (χ2n) is 8.20. The topological polar surface area (TPSA) is 73.4 Å². The summed E-state index contributed by atoms with van der Waals surface area (Å²) in [7, 11) is 0. The van der Waals surface area contributed by atoms with Gasteiger partial charge in [-0.05, 0) is 36.6 Å². The summed E-state index contributed by atoms with van der Waals surface area (Å²) in [5.41, 5.74) is 3.44. The summed E-state index contributed by atoms with van der Waals surface area (Å²) in [4.78, 5) is 21.6. The lowest BCUT2D eigenvalue weighted by Gasteiger charge is -2.40. The maximum atomic E-state index is 12.8. The number of rotatable bonds is 4. The zero-order valence-electron chi connectivity index (χ0n) is 18.1. The minimum absolute atomic E-state index is 0.0393. The first-order chi connectivity index (χ1) is 15.0. The molecule has 0 radical (unpaired) electrons. The van der Waals surface area contributed by atoms with Gasteiger partial charge in [-0.1, -0.05) is 44.2 Å². The Balaban J connectivity index is 1.69. The average molecular weight is 415 g/mol. The van der Waals surface area contributed by atoms with Crippen molar-refractivity contribution >= 4 is 11.7 Å². The number of piperazine rings is 1. The summed E-state index contributed by atoms with van der Waals surface area (Å²) in [5, 5.41) is 10.1. The lowest BCUT2D eigenvalue weighted by atomic mass is 9.97. The fourth-order valence-corrected chi connectivity index (χ4v) is 4.02. The molecule has 1 unspecified atom stereocenters. The number of amides is 1. The Hall–Kier alpha value is -3.59. The van der Waals surface area contributed by atoms with E-state index in [-0.39, 0.29) is 17.9 Å². The van der Waals surface area contributed by atoms with E-state index in [1.54, 1.807) is 12.1 Å². The van der Waals surface area contributed by atoms with Gasteiger partial charge in [0.1, 0.15) is 17.5 Å². The predicted octanol–water partition coefficient (Wildman–Crippen LogP) is 4.69. The fraction of sp³-hybridized carbons (Fsp3) is 0.320. The van der Waals surface area contributed by atoms with Crippen LogP contribution in [-0.2, 0) is 0 Å². The highest BCUT2D eigenvalue weighted by atomic mass is 16.3. The molecular formula is C25H26N4O2. The van der Waals surface area contributed by atoms with Crippen LogP contribution in [-0.4, -0.2) is 41.5 Å². The van der Waals surface area contributed by atoms with Crippen molar-refractivity contribution in [1.82, 2.24) is 9.88 Å². The molecule has 0 bridgehead atoms. The van der Waals surface area contributed by atoms with Gasteiger partial charge in [-0.25, -0.2) is 4.98 Å².